The number of benzene rings is 2. The number of ether oxygens (including phenoxy) is 6. The molecular weight excluding hydrogens is 364 g/mol. The molecule has 28 heavy (non-hydrogen) atoms. The van der Waals surface area contributed by atoms with Crippen molar-refractivity contribution in [2.75, 3.05) is 20.8 Å². The van der Waals surface area contributed by atoms with Gasteiger partial charge in [-0.25, -0.2) is 0 Å². The molecular formula is C21H24O7. The Hall–Kier alpha value is -2.16. The second-order valence-corrected chi connectivity index (χ2v) is 6.70. The lowest BCUT2D eigenvalue weighted by molar-refractivity contribution is -0.352. The molecule has 0 aliphatic carbocycles. The van der Waals surface area contributed by atoms with Crippen molar-refractivity contribution < 1.29 is 33.5 Å². The van der Waals surface area contributed by atoms with E-state index in [0.29, 0.717) is 18.1 Å². The van der Waals surface area contributed by atoms with Crippen LogP contribution in [0.25, 0.3) is 0 Å². The number of hydrogen-bond acceptors (Lipinski definition) is 7. The minimum Gasteiger partial charge on any atom is -0.497 e. The number of methoxy groups -OCH3 is 2. The summed E-state index contributed by atoms with van der Waals surface area (Å²) in [4.78, 5) is 0. The average Bonchev–Trinajstić information content (AvgIpc) is 2.75. The Kier molecular flexibility index (Phi) is 5.79. The van der Waals surface area contributed by atoms with E-state index in [-0.39, 0.29) is 0 Å². The summed E-state index contributed by atoms with van der Waals surface area (Å²) in [5.41, 5.74) is 0.905. The van der Waals surface area contributed by atoms with Gasteiger partial charge in [0.2, 0.25) is 6.29 Å². The summed E-state index contributed by atoms with van der Waals surface area (Å²) in [5, 5.41) is 10.8. The third-order valence-electron chi connectivity index (χ3n) is 4.96. The Morgan fingerprint density at radius 2 is 1.64 bits per heavy atom. The number of aliphatic hydroxyl groups excluding tert-OH is 1. The van der Waals surface area contributed by atoms with Crippen molar-refractivity contribution >= 4 is 0 Å². The van der Waals surface area contributed by atoms with Gasteiger partial charge < -0.3 is 33.5 Å². The van der Waals surface area contributed by atoms with Crippen molar-refractivity contribution in [1.29, 1.82) is 0 Å². The van der Waals surface area contributed by atoms with Gasteiger partial charge in [-0.2, -0.15) is 0 Å². The lowest BCUT2D eigenvalue weighted by atomic mass is 9.97. The van der Waals surface area contributed by atoms with Crippen LogP contribution in [0.3, 0.4) is 0 Å². The van der Waals surface area contributed by atoms with E-state index in [1.54, 1.807) is 31.4 Å². The third kappa shape index (κ3) is 3.85. The Labute approximate surface area is 163 Å². The van der Waals surface area contributed by atoms with Gasteiger partial charge in [0.15, 0.2) is 6.29 Å². The Balaban J connectivity index is 1.47. The molecule has 2 aliphatic heterocycles. The zero-order valence-corrected chi connectivity index (χ0v) is 15.8. The molecule has 2 saturated heterocycles. The molecule has 7 nitrogen and oxygen atoms in total. The fourth-order valence-corrected chi connectivity index (χ4v) is 3.50. The van der Waals surface area contributed by atoms with Crippen molar-refractivity contribution in [1.82, 2.24) is 0 Å². The summed E-state index contributed by atoms with van der Waals surface area (Å²) in [6.07, 6.45) is -3.97. The normalized spacial score (nSPS) is 32.4. The maximum absolute atomic E-state index is 10.8. The highest BCUT2D eigenvalue weighted by molar-refractivity contribution is 5.31. The van der Waals surface area contributed by atoms with E-state index in [9.17, 15) is 5.11 Å². The molecule has 7 heteroatoms. The monoisotopic (exact) mass is 388 g/mol. The zero-order valence-electron chi connectivity index (χ0n) is 15.8. The predicted octanol–water partition coefficient (Wildman–Crippen LogP) is 2.29. The molecule has 0 bridgehead atoms. The minimum absolute atomic E-state index is 0.305. The van der Waals surface area contributed by atoms with E-state index in [1.807, 2.05) is 30.3 Å². The molecule has 4 rings (SSSR count). The van der Waals surface area contributed by atoms with Crippen molar-refractivity contribution in [2.24, 2.45) is 0 Å². The Morgan fingerprint density at radius 1 is 0.929 bits per heavy atom. The van der Waals surface area contributed by atoms with Crippen LogP contribution in [0.15, 0.2) is 54.6 Å². The van der Waals surface area contributed by atoms with Gasteiger partial charge in [0, 0.05) is 12.7 Å². The van der Waals surface area contributed by atoms with Crippen LogP contribution in [0, 0.1) is 0 Å². The molecule has 0 radical (unpaired) electrons. The van der Waals surface area contributed by atoms with Crippen LogP contribution in [0.2, 0.25) is 0 Å². The number of hydrogen-bond donors (Lipinski definition) is 1. The molecule has 2 aromatic carbocycles. The maximum atomic E-state index is 10.8. The van der Waals surface area contributed by atoms with E-state index in [2.05, 4.69) is 0 Å². The van der Waals surface area contributed by atoms with Crippen LogP contribution >= 0.6 is 0 Å². The third-order valence-corrected chi connectivity index (χ3v) is 4.96. The van der Waals surface area contributed by atoms with Gasteiger partial charge in [-0.3, -0.25) is 0 Å². The summed E-state index contributed by atoms with van der Waals surface area (Å²) in [6, 6.07) is 16.7. The predicted molar refractivity (Wildman–Crippen MR) is 99.1 cm³/mol. The van der Waals surface area contributed by atoms with Crippen molar-refractivity contribution in [2.45, 2.75) is 37.0 Å². The highest BCUT2D eigenvalue weighted by Crippen LogP contribution is 2.35. The molecule has 2 aromatic rings. The zero-order chi connectivity index (χ0) is 19.5. The van der Waals surface area contributed by atoms with Crippen molar-refractivity contribution in [3.8, 4) is 11.5 Å². The quantitative estimate of drug-likeness (QED) is 0.842. The van der Waals surface area contributed by atoms with E-state index in [4.69, 9.17) is 28.4 Å². The first kappa shape index (κ1) is 19.2. The first-order valence-electron chi connectivity index (χ1n) is 9.18. The van der Waals surface area contributed by atoms with Gasteiger partial charge in [-0.05, 0) is 24.3 Å². The van der Waals surface area contributed by atoms with Crippen LogP contribution in [0.5, 0.6) is 11.5 Å². The van der Waals surface area contributed by atoms with Crippen molar-refractivity contribution in [3.05, 3.63) is 60.2 Å². The summed E-state index contributed by atoms with van der Waals surface area (Å²) < 4.78 is 34.4. The second kappa shape index (κ2) is 8.46. The summed E-state index contributed by atoms with van der Waals surface area (Å²) in [7, 11) is 3.13. The molecule has 1 unspecified atom stereocenters. The average molecular weight is 388 g/mol. The van der Waals surface area contributed by atoms with Crippen LogP contribution in [-0.2, 0) is 18.9 Å². The lowest BCUT2D eigenvalue weighted by Crippen LogP contribution is -2.63. The van der Waals surface area contributed by atoms with Crippen LogP contribution in [-0.4, -0.2) is 56.6 Å². The van der Waals surface area contributed by atoms with Gasteiger partial charge in [-0.15, -0.1) is 0 Å². The molecule has 2 heterocycles. The Morgan fingerprint density at radius 3 is 2.32 bits per heavy atom. The minimum atomic E-state index is -1.03. The highest BCUT2D eigenvalue weighted by Gasteiger charge is 2.50. The van der Waals surface area contributed by atoms with Gasteiger partial charge in [-0.1, -0.05) is 30.3 Å². The standard InChI is InChI=1S/C21H24O7/c1-23-14-8-10-15(11-9-14)26-21-17(22)19(24-2)18-16(27-21)12-25-20(28-18)13-6-4-3-5-7-13/h3-11,16-22H,12H2,1-2H3/t16-,17+,18+,19+,20?,21+/m0/s1. The second-order valence-electron chi connectivity index (χ2n) is 6.70. The number of aliphatic hydroxyl groups is 1. The maximum Gasteiger partial charge on any atom is 0.229 e. The number of rotatable bonds is 5. The van der Waals surface area contributed by atoms with Gasteiger partial charge in [0.1, 0.15) is 35.9 Å². The summed E-state index contributed by atoms with van der Waals surface area (Å²) in [6.45, 7) is 0.305. The van der Waals surface area contributed by atoms with E-state index < -0.39 is 37.0 Å². The molecule has 2 aliphatic rings. The molecule has 2 fully saturated rings. The highest BCUT2D eigenvalue weighted by atomic mass is 16.8. The Bertz CT molecular complexity index is 751. The van der Waals surface area contributed by atoms with E-state index in [0.717, 1.165) is 5.56 Å². The molecule has 0 aromatic heterocycles. The van der Waals surface area contributed by atoms with E-state index in [1.165, 1.54) is 7.11 Å². The van der Waals surface area contributed by atoms with Crippen molar-refractivity contribution in [3.63, 3.8) is 0 Å². The van der Waals surface area contributed by atoms with Crippen LogP contribution in [0.1, 0.15) is 11.9 Å². The number of fused-ring (bicyclic) bond motifs is 1. The molecule has 0 saturated carbocycles. The van der Waals surface area contributed by atoms with Crippen LogP contribution < -0.4 is 9.47 Å². The van der Waals surface area contributed by atoms with E-state index >= 15 is 0 Å². The molecule has 6 atom stereocenters. The smallest absolute Gasteiger partial charge is 0.229 e. The van der Waals surface area contributed by atoms with Gasteiger partial charge in [0.25, 0.3) is 0 Å². The fraction of sp³-hybridized carbons (Fsp3) is 0.429. The first-order valence-corrected chi connectivity index (χ1v) is 9.18. The molecule has 0 amide bonds. The molecule has 0 spiro atoms. The van der Waals surface area contributed by atoms with Gasteiger partial charge >= 0.3 is 0 Å². The summed E-state index contributed by atoms with van der Waals surface area (Å²) >= 11 is 0. The SMILES string of the molecule is COc1ccc(O[C@@H]2O[C@H]3COC(c4ccccc4)O[C@H]3[C@H](OC)[C@H]2O)cc1. The fourth-order valence-electron chi connectivity index (χ4n) is 3.50. The topological polar surface area (TPSA) is 75.6 Å². The molecule has 150 valence electrons. The first-order chi connectivity index (χ1) is 13.7. The molecule has 1 N–H and O–H groups in total. The summed E-state index contributed by atoms with van der Waals surface area (Å²) in [5.74, 6) is 1.27. The van der Waals surface area contributed by atoms with Gasteiger partial charge in [0.05, 0.1) is 13.7 Å². The van der Waals surface area contributed by atoms with Crippen LogP contribution in [0.4, 0.5) is 0 Å². The lowest BCUT2D eigenvalue weighted by Gasteiger charge is -2.47. The largest absolute Gasteiger partial charge is 0.497 e.